The predicted octanol–water partition coefficient (Wildman–Crippen LogP) is 3.27. The van der Waals surface area contributed by atoms with E-state index < -0.39 is 0 Å². The van der Waals surface area contributed by atoms with Crippen molar-refractivity contribution in [2.24, 2.45) is 4.99 Å². The number of benzene rings is 2. The van der Waals surface area contributed by atoms with Crippen LogP contribution in [-0.4, -0.2) is 40.9 Å². The van der Waals surface area contributed by atoms with Gasteiger partial charge in [0.25, 0.3) is 0 Å². The van der Waals surface area contributed by atoms with Crippen LogP contribution < -0.4 is 24.8 Å². The maximum atomic E-state index is 6.19. The third-order valence-electron chi connectivity index (χ3n) is 4.10. The summed E-state index contributed by atoms with van der Waals surface area (Å²) in [7, 11) is 6.56. The molecular weight excluding hydrogens is 366 g/mol. The summed E-state index contributed by atoms with van der Waals surface area (Å²) in [5, 5.41) is 7.29. The largest absolute Gasteiger partial charge is 0.493 e. The molecule has 0 fully saturated rings. The number of nitrogens with zero attached hydrogens (tertiary/aromatic N) is 1. The predicted molar refractivity (Wildman–Crippen MR) is 109 cm³/mol. The van der Waals surface area contributed by atoms with Crippen LogP contribution in [0.25, 0.3) is 0 Å². The number of nitrogens with one attached hydrogen (secondary N) is 2. The zero-order valence-corrected chi connectivity index (χ0v) is 16.9. The van der Waals surface area contributed by atoms with Crippen molar-refractivity contribution in [3.8, 4) is 17.2 Å². The van der Waals surface area contributed by atoms with Crippen LogP contribution in [0.4, 0.5) is 0 Å². The van der Waals surface area contributed by atoms with Gasteiger partial charge in [-0.3, -0.25) is 4.99 Å². The van der Waals surface area contributed by atoms with Gasteiger partial charge in [0.1, 0.15) is 0 Å². The highest BCUT2D eigenvalue weighted by atomic mass is 35.5. The second-order valence-corrected chi connectivity index (χ2v) is 6.09. The van der Waals surface area contributed by atoms with Crippen LogP contribution in [0.15, 0.2) is 41.4 Å². The lowest BCUT2D eigenvalue weighted by atomic mass is 10.1. The Bertz CT molecular complexity index is 781. The first-order valence-electron chi connectivity index (χ1n) is 8.60. The minimum atomic E-state index is 0.596. The van der Waals surface area contributed by atoms with Crippen molar-refractivity contribution in [2.75, 3.05) is 34.9 Å². The fourth-order valence-corrected chi connectivity index (χ4v) is 2.92. The number of aliphatic imine (C=N–C) groups is 1. The standard InChI is InChI=1S/C20H26ClN3O3/c1-22-20(24-13-15-7-5-6-8-16(15)21)23-12-11-14-9-10-17(25-2)19(27-4)18(14)26-3/h5-10H,11-13H2,1-4H3,(H2,22,23,24). The molecule has 27 heavy (non-hydrogen) atoms. The van der Waals surface area contributed by atoms with Crippen molar-refractivity contribution in [1.82, 2.24) is 10.6 Å². The summed E-state index contributed by atoms with van der Waals surface area (Å²) in [4.78, 5) is 4.24. The van der Waals surface area contributed by atoms with Crippen LogP contribution >= 0.6 is 11.6 Å². The van der Waals surface area contributed by atoms with Crippen LogP contribution in [0.1, 0.15) is 11.1 Å². The summed E-state index contributed by atoms with van der Waals surface area (Å²) in [6.45, 7) is 1.27. The van der Waals surface area contributed by atoms with E-state index in [1.807, 2.05) is 36.4 Å². The number of methoxy groups -OCH3 is 3. The van der Waals surface area contributed by atoms with Gasteiger partial charge in [-0.1, -0.05) is 35.9 Å². The molecule has 6 nitrogen and oxygen atoms in total. The molecule has 0 spiro atoms. The van der Waals surface area contributed by atoms with E-state index in [0.717, 1.165) is 22.6 Å². The van der Waals surface area contributed by atoms with Gasteiger partial charge in [-0.25, -0.2) is 0 Å². The molecule has 0 atom stereocenters. The van der Waals surface area contributed by atoms with E-state index >= 15 is 0 Å². The lowest BCUT2D eigenvalue weighted by molar-refractivity contribution is 0.322. The topological polar surface area (TPSA) is 64.1 Å². The highest BCUT2D eigenvalue weighted by molar-refractivity contribution is 6.31. The van der Waals surface area contributed by atoms with Gasteiger partial charge < -0.3 is 24.8 Å². The molecule has 146 valence electrons. The summed E-state index contributed by atoms with van der Waals surface area (Å²) in [5.41, 5.74) is 2.04. The van der Waals surface area contributed by atoms with Gasteiger partial charge in [-0.15, -0.1) is 0 Å². The number of hydrogen-bond acceptors (Lipinski definition) is 4. The van der Waals surface area contributed by atoms with E-state index in [2.05, 4.69) is 15.6 Å². The molecule has 2 aromatic carbocycles. The Hall–Kier alpha value is -2.60. The molecule has 2 N–H and O–H groups in total. The van der Waals surface area contributed by atoms with Gasteiger partial charge in [0.15, 0.2) is 17.5 Å². The molecule has 0 aliphatic heterocycles. The van der Waals surface area contributed by atoms with Gasteiger partial charge in [0.2, 0.25) is 5.75 Å². The van der Waals surface area contributed by atoms with Crippen LogP contribution in [0.3, 0.4) is 0 Å². The minimum absolute atomic E-state index is 0.596. The van der Waals surface area contributed by atoms with E-state index in [4.69, 9.17) is 25.8 Å². The zero-order valence-electron chi connectivity index (χ0n) is 16.1. The second kappa shape index (κ2) is 10.5. The van der Waals surface area contributed by atoms with E-state index in [1.54, 1.807) is 28.4 Å². The highest BCUT2D eigenvalue weighted by Gasteiger charge is 2.15. The summed E-state index contributed by atoms with van der Waals surface area (Å²) in [6.07, 6.45) is 0.732. The monoisotopic (exact) mass is 391 g/mol. The van der Waals surface area contributed by atoms with Crippen molar-refractivity contribution in [1.29, 1.82) is 0 Å². The molecule has 0 radical (unpaired) electrons. The van der Waals surface area contributed by atoms with Crippen LogP contribution in [0.2, 0.25) is 5.02 Å². The molecule has 7 heteroatoms. The van der Waals surface area contributed by atoms with Crippen molar-refractivity contribution < 1.29 is 14.2 Å². The molecule has 0 bridgehead atoms. The Morgan fingerprint density at radius 1 is 0.926 bits per heavy atom. The van der Waals surface area contributed by atoms with Crippen LogP contribution in [-0.2, 0) is 13.0 Å². The smallest absolute Gasteiger partial charge is 0.203 e. The number of ether oxygens (including phenoxy) is 3. The maximum absolute atomic E-state index is 6.19. The summed E-state index contributed by atoms with van der Waals surface area (Å²) >= 11 is 6.19. The van der Waals surface area contributed by atoms with Gasteiger partial charge in [-0.05, 0) is 24.1 Å². The Morgan fingerprint density at radius 3 is 2.30 bits per heavy atom. The maximum Gasteiger partial charge on any atom is 0.203 e. The van der Waals surface area contributed by atoms with Gasteiger partial charge in [0.05, 0.1) is 21.3 Å². The Kier molecular flexibility index (Phi) is 8.07. The van der Waals surface area contributed by atoms with Gasteiger partial charge >= 0.3 is 0 Å². The molecular formula is C20H26ClN3O3. The molecule has 0 unspecified atom stereocenters. The molecule has 0 saturated heterocycles. The van der Waals surface area contributed by atoms with E-state index in [9.17, 15) is 0 Å². The van der Waals surface area contributed by atoms with Crippen molar-refractivity contribution in [3.63, 3.8) is 0 Å². The molecule has 0 amide bonds. The Morgan fingerprint density at radius 2 is 1.67 bits per heavy atom. The molecule has 0 aromatic heterocycles. The van der Waals surface area contributed by atoms with E-state index in [0.29, 0.717) is 36.3 Å². The third-order valence-corrected chi connectivity index (χ3v) is 4.47. The van der Waals surface area contributed by atoms with Crippen molar-refractivity contribution >= 4 is 17.6 Å². The first-order valence-corrected chi connectivity index (χ1v) is 8.98. The fourth-order valence-electron chi connectivity index (χ4n) is 2.72. The first-order chi connectivity index (χ1) is 13.1. The van der Waals surface area contributed by atoms with Crippen molar-refractivity contribution in [3.05, 3.63) is 52.5 Å². The lowest BCUT2D eigenvalue weighted by Crippen LogP contribution is -2.37. The third kappa shape index (κ3) is 5.44. The average molecular weight is 392 g/mol. The molecule has 0 heterocycles. The summed E-state index contributed by atoms with van der Waals surface area (Å²) < 4.78 is 16.3. The highest BCUT2D eigenvalue weighted by Crippen LogP contribution is 2.39. The number of rotatable bonds is 8. The molecule has 0 saturated carbocycles. The van der Waals surface area contributed by atoms with Gasteiger partial charge in [0, 0.05) is 30.7 Å². The Balaban J connectivity index is 1.95. The number of guanidine groups is 1. The molecule has 0 aliphatic rings. The fraction of sp³-hybridized carbons (Fsp3) is 0.350. The van der Waals surface area contributed by atoms with Crippen LogP contribution in [0.5, 0.6) is 17.2 Å². The number of halogens is 1. The lowest BCUT2D eigenvalue weighted by Gasteiger charge is -2.17. The quantitative estimate of drug-likeness (QED) is 0.534. The van der Waals surface area contributed by atoms with Crippen molar-refractivity contribution in [2.45, 2.75) is 13.0 Å². The van der Waals surface area contributed by atoms with Crippen LogP contribution in [0, 0.1) is 0 Å². The minimum Gasteiger partial charge on any atom is -0.493 e. The van der Waals surface area contributed by atoms with Gasteiger partial charge in [-0.2, -0.15) is 0 Å². The first kappa shape index (κ1) is 20.7. The summed E-state index contributed by atoms with van der Waals surface area (Å²) in [5.74, 6) is 2.62. The number of hydrogen-bond donors (Lipinski definition) is 2. The average Bonchev–Trinajstić information content (AvgIpc) is 2.70. The molecule has 2 aromatic rings. The Labute approximate surface area is 165 Å². The van der Waals surface area contributed by atoms with E-state index in [1.165, 1.54) is 0 Å². The SMILES string of the molecule is CN=C(NCCc1ccc(OC)c(OC)c1OC)NCc1ccccc1Cl. The second-order valence-electron chi connectivity index (χ2n) is 5.69. The summed E-state index contributed by atoms with van der Waals surface area (Å²) in [6, 6.07) is 11.6. The molecule has 0 aliphatic carbocycles. The normalized spacial score (nSPS) is 11.1. The molecule has 2 rings (SSSR count). The zero-order chi connectivity index (χ0) is 19.6. The van der Waals surface area contributed by atoms with E-state index in [-0.39, 0.29) is 0 Å².